The largest absolute Gasteiger partial charge is 0.356 e. The number of hydrogen-bond donors (Lipinski definition) is 1. The Morgan fingerprint density at radius 2 is 1.96 bits per heavy atom. The van der Waals surface area contributed by atoms with Gasteiger partial charge in [-0.3, -0.25) is 4.79 Å². The molecule has 26 heavy (non-hydrogen) atoms. The first-order valence-electron chi connectivity index (χ1n) is 9.38. The van der Waals surface area contributed by atoms with Gasteiger partial charge in [-0.25, -0.2) is 4.98 Å². The molecular formula is C20H29N3OS2. The molecule has 1 N–H and O–H groups in total. The summed E-state index contributed by atoms with van der Waals surface area (Å²) < 4.78 is 0.912. The molecule has 0 fully saturated rings. The van der Waals surface area contributed by atoms with Gasteiger partial charge in [-0.05, 0) is 31.0 Å². The van der Waals surface area contributed by atoms with Crippen molar-refractivity contribution in [1.82, 2.24) is 14.9 Å². The fraction of sp³-hybridized carbons (Fsp3) is 0.550. The van der Waals surface area contributed by atoms with Crippen LogP contribution in [-0.4, -0.2) is 32.0 Å². The van der Waals surface area contributed by atoms with Gasteiger partial charge >= 0.3 is 0 Å². The Balaban J connectivity index is 1.83. The van der Waals surface area contributed by atoms with Crippen LogP contribution in [0.2, 0.25) is 0 Å². The van der Waals surface area contributed by atoms with E-state index in [2.05, 4.69) is 21.8 Å². The van der Waals surface area contributed by atoms with E-state index in [0.29, 0.717) is 17.8 Å². The van der Waals surface area contributed by atoms with Crippen LogP contribution in [0.1, 0.15) is 56.8 Å². The fourth-order valence-electron chi connectivity index (χ4n) is 2.89. The van der Waals surface area contributed by atoms with Crippen molar-refractivity contribution in [3.8, 4) is 0 Å². The van der Waals surface area contributed by atoms with Gasteiger partial charge in [-0.1, -0.05) is 69.1 Å². The molecule has 2 aromatic rings. The molecular weight excluding hydrogens is 362 g/mol. The highest BCUT2D eigenvalue weighted by Gasteiger charge is 2.08. The van der Waals surface area contributed by atoms with E-state index in [1.807, 2.05) is 25.2 Å². The average molecular weight is 392 g/mol. The van der Waals surface area contributed by atoms with Gasteiger partial charge in [0.15, 0.2) is 0 Å². The molecule has 0 radical (unpaired) electrons. The van der Waals surface area contributed by atoms with Crippen LogP contribution < -0.4 is 5.56 Å². The first-order valence-corrected chi connectivity index (χ1v) is 10.8. The molecule has 0 saturated heterocycles. The minimum atomic E-state index is -0.0861. The quantitative estimate of drug-likeness (QED) is 0.479. The van der Waals surface area contributed by atoms with Crippen molar-refractivity contribution in [3.63, 3.8) is 0 Å². The van der Waals surface area contributed by atoms with Crippen molar-refractivity contribution in [2.24, 2.45) is 0 Å². The highest BCUT2D eigenvalue weighted by molar-refractivity contribution is 8.22. The molecule has 142 valence electrons. The second-order valence-corrected chi connectivity index (χ2v) is 8.47. The number of thiocarbonyl (C=S) groups is 1. The van der Waals surface area contributed by atoms with Gasteiger partial charge in [0.25, 0.3) is 5.56 Å². The van der Waals surface area contributed by atoms with E-state index in [9.17, 15) is 4.79 Å². The highest BCUT2D eigenvalue weighted by atomic mass is 32.2. The lowest BCUT2D eigenvalue weighted by Gasteiger charge is -2.19. The molecule has 4 nitrogen and oxygen atoms in total. The Hall–Kier alpha value is -1.40. The summed E-state index contributed by atoms with van der Waals surface area (Å²) in [4.78, 5) is 21.3. The third kappa shape index (κ3) is 6.40. The van der Waals surface area contributed by atoms with E-state index in [1.54, 1.807) is 18.7 Å². The number of nitrogens with zero attached hydrogens (tertiary/aromatic N) is 2. The summed E-state index contributed by atoms with van der Waals surface area (Å²) in [6, 6.07) is 5.84. The summed E-state index contributed by atoms with van der Waals surface area (Å²) in [7, 11) is 2.01. The Bertz CT molecular complexity index is 788. The summed E-state index contributed by atoms with van der Waals surface area (Å²) in [6.07, 6.45) is 7.83. The lowest BCUT2D eigenvalue weighted by molar-refractivity contribution is 0.519. The fourth-order valence-corrected chi connectivity index (χ4v) is 4.01. The predicted molar refractivity (Wildman–Crippen MR) is 117 cm³/mol. The third-order valence-corrected chi connectivity index (χ3v) is 6.06. The van der Waals surface area contributed by atoms with E-state index in [1.165, 1.54) is 38.5 Å². The van der Waals surface area contributed by atoms with Gasteiger partial charge in [0, 0.05) is 19.3 Å². The van der Waals surface area contributed by atoms with Gasteiger partial charge in [0.05, 0.1) is 10.9 Å². The van der Waals surface area contributed by atoms with Crippen molar-refractivity contribution in [3.05, 3.63) is 39.9 Å². The third-order valence-electron chi connectivity index (χ3n) is 4.34. The van der Waals surface area contributed by atoms with Crippen LogP contribution in [0, 0.1) is 6.92 Å². The minimum Gasteiger partial charge on any atom is -0.356 e. The first kappa shape index (κ1) is 20.9. The standard InChI is InChI=1S/C20H29N3OS2/c1-4-5-6-7-8-9-12-26-20(25)23(3)14-16-10-11-18-17(13-16)19(24)22-15(2)21-18/h10-11,13H,4-9,12,14H2,1-3H3,(H,21,22,24). The molecule has 2 rings (SSSR count). The van der Waals surface area contributed by atoms with Crippen LogP contribution in [0.5, 0.6) is 0 Å². The lowest BCUT2D eigenvalue weighted by atomic mass is 10.1. The zero-order chi connectivity index (χ0) is 18.9. The van der Waals surface area contributed by atoms with E-state index in [4.69, 9.17) is 12.2 Å². The van der Waals surface area contributed by atoms with E-state index in [-0.39, 0.29) is 5.56 Å². The number of benzene rings is 1. The summed E-state index contributed by atoms with van der Waals surface area (Å²) in [5.74, 6) is 1.72. The first-order chi connectivity index (χ1) is 12.5. The molecule has 0 unspecified atom stereocenters. The topological polar surface area (TPSA) is 49.0 Å². The van der Waals surface area contributed by atoms with Crippen LogP contribution in [0.15, 0.2) is 23.0 Å². The van der Waals surface area contributed by atoms with Gasteiger partial charge in [0.2, 0.25) is 0 Å². The van der Waals surface area contributed by atoms with Gasteiger partial charge < -0.3 is 9.88 Å². The summed E-state index contributed by atoms with van der Waals surface area (Å²) >= 11 is 7.30. The molecule has 1 aromatic heterocycles. The number of aromatic nitrogens is 2. The number of unbranched alkanes of at least 4 members (excludes halogenated alkanes) is 5. The van der Waals surface area contributed by atoms with Gasteiger partial charge in [-0.15, -0.1) is 0 Å². The molecule has 6 heteroatoms. The number of thioether (sulfide) groups is 1. The number of H-pyrrole nitrogens is 1. The molecule has 1 aromatic carbocycles. The Labute approximate surface area is 165 Å². The maximum Gasteiger partial charge on any atom is 0.258 e. The Morgan fingerprint density at radius 1 is 1.23 bits per heavy atom. The van der Waals surface area contributed by atoms with Crippen LogP contribution in [0.4, 0.5) is 0 Å². The number of aryl methyl sites for hydroxylation is 1. The summed E-state index contributed by atoms with van der Waals surface area (Å²) in [5, 5.41) is 0.632. The molecule has 0 atom stereocenters. The van der Waals surface area contributed by atoms with Crippen molar-refractivity contribution in [1.29, 1.82) is 0 Å². The number of nitrogens with one attached hydrogen (secondary N) is 1. The molecule has 0 bridgehead atoms. The zero-order valence-corrected chi connectivity index (χ0v) is 17.6. The Kier molecular flexibility index (Phi) is 8.59. The van der Waals surface area contributed by atoms with Crippen LogP contribution in [-0.2, 0) is 6.54 Å². The predicted octanol–water partition coefficient (Wildman–Crippen LogP) is 5.04. The second-order valence-electron chi connectivity index (χ2n) is 6.74. The SMILES string of the molecule is CCCCCCCCSC(=S)N(C)Cc1ccc2nc(C)[nH]c(=O)c2c1. The molecule has 1 heterocycles. The zero-order valence-electron chi connectivity index (χ0n) is 16.0. The maximum absolute atomic E-state index is 12.1. The molecule has 0 aliphatic carbocycles. The van der Waals surface area contributed by atoms with Crippen molar-refractivity contribution >= 4 is 39.2 Å². The highest BCUT2D eigenvalue weighted by Crippen LogP contribution is 2.17. The molecule has 0 spiro atoms. The number of rotatable bonds is 9. The van der Waals surface area contributed by atoms with Crippen molar-refractivity contribution in [2.45, 2.75) is 58.9 Å². The normalized spacial score (nSPS) is 11.0. The van der Waals surface area contributed by atoms with Gasteiger partial charge in [-0.2, -0.15) is 0 Å². The van der Waals surface area contributed by atoms with E-state index >= 15 is 0 Å². The van der Waals surface area contributed by atoms with E-state index in [0.717, 1.165) is 21.2 Å². The lowest BCUT2D eigenvalue weighted by Crippen LogP contribution is -2.22. The maximum atomic E-state index is 12.1. The molecule has 0 aliphatic rings. The van der Waals surface area contributed by atoms with Crippen LogP contribution >= 0.6 is 24.0 Å². The summed E-state index contributed by atoms with van der Waals surface area (Å²) in [6.45, 7) is 4.74. The molecule has 0 amide bonds. The number of fused-ring (bicyclic) bond motifs is 1. The van der Waals surface area contributed by atoms with Crippen LogP contribution in [0.25, 0.3) is 10.9 Å². The van der Waals surface area contributed by atoms with Crippen molar-refractivity contribution < 1.29 is 0 Å². The average Bonchev–Trinajstić information content (AvgIpc) is 2.61. The van der Waals surface area contributed by atoms with Gasteiger partial charge in [0.1, 0.15) is 10.1 Å². The number of aromatic amines is 1. The molecule has 0 saturated carbocycles. The van der Waals surface area contributed by atoms with E-state index < -0.39 is 0 Å². The monoisotopic (exact) mass is 391 g/mol. The smallest absolute Gasteiger partial charge is 0.258 e. The second kappa shape index (κ2) is 10.7. The van der Waals surface area contributed by atoms with Crippen molar-refractivity contribution in [2.75, 3.05) is 12.8 Å². The number of hydrogen-bond acceptors (Lipinski definition) is 4. The molecule has 0 aliphatic heterocycles. The van der Waals surface area contributed by atoms with Crippen LogP contribution in [0.3, 0.4) is 0 Å². The summed E-state index contributed by atoms with van der Waals surface area (Å²) in [5.41, 5.74) is 1.72. The Morgan fingerprint density at radius 3 is 2.73 bits per heavy atom. The minimum absolute atomic E-state index is 0.0861.